The molecule has 2 saturated heterocycles. The van der Waals surface area contributed by atoms with E-state index in [9.17, 15) is 30.6 Å². The number of aliphatic hydroxyl groups is 6. The molecule has 0 radical (unpaired) electrons. The lowest BCUT2D eigenvalue weighted by Crippen LogP contribution is -2.60. The van der Waals surface area contributed by atoms with Crippen LogP contribution in [0.25, 0.3) is 0 Å². The molecule has 2 bridgehead atoms. The summed E-state index contributed by atoms with van der Waals surface area (Å²) in [6, 6.07) is 0. The Balaban J connectivity index is 1.36. The summed E-state index contributed by atoms with van der Waals surface area (Å²) in [4.78, 5) is 0. The van der Waals surface area contributed by atoms with Gasteiger partial charge in [-0.2, -0.15) is 0 Å². The van der Waals surface area contributed by atoms with Gasteiger partial charge in [0.2, 0.25) is 6.29 Å². The van der Waals surface area contributed by atoms with E-state index in [0.29, 0.717) is 5.92 Å². The van der Waals surface area contributed by atoms with Gasteiger partial charge in [0.15, 0.2) is 6.29 Å². The third kappa shape index (κ3) is 4.25. The van der Waals surface area contributed by atoms with Crippen LogP contribution in [-0.4, -0.2) is 99.2 Å². The smallest absolute Gasteiger partial charge is 0.228 e. The lowest BCUT2D eigenvalue weighted by molar-refractivity contribution is -0.313. The first kappa shape index (κ1) is 23.3. The van der Waals surface area contributed by atoms with E-state index < -0.39 is 55.3 Å². The molecule has 5 fully saturated rings. The van der Waals surface area contributed by atoms with Crippen molar-refractivity contribution >= 4 is 0 Å². The summed E-state index contributed by atoms with van der Waals surface area (Å²) in [5, 5.41) is 60.0. The van der Waals surface area contributed by atoms with Gasteiger partial charge in [0.25, 0.3) is 0 Å². The van der Waals surface area contributed by atoms with Crippen molar-refractivity contribution in [1.82, 2.24) is 0 Å². The molecule has 5 aliphatic rings. The minimum Gasteiger partial charge on any atom is -0.470 e. The van der Waals surface area contributed by atoms with Crippen molar-refractivity contribution < 1.29 is 49.6 Å². The van der Waals surface area contributed by atoms with Crippen LogP contribution in [0.4, 0.5) is 0 Å². The van der Waals surface area contributed by atoms with Crippen molar-refractivity contribution in [2.75, 3.05) is 13.2 Å². The minimum absolute atomic E-state index is 0.226. The maximum absolute atomic E-state index is 10.3. The molecule has 0 amide bonds. The summed E-state index contributed by atoms with van der Waals surface area (Å²) in [5.41, 5.74) is 1.38. The van der Waals surface area contributed by atoms with Crippen LogP contribution >= 0.6 is 0 Å². The fourth-order valence-electron chi connectivity index (χ4n) is 5.23. The lowest BCUT2D eigenvalue weighted by Gasteiger charge is -2.57. The van der Waals surface area contributed by atoms with Crippen LogP contribution in [0.1, 0.15) is 33.1 Å². The molecule has 2 heterocycles. The quantitative estimate of drug-likeness (QED) is 0.278. The largest absolute Gasteiger partial charge is 0.470 e. The SMILES string of the molecule is CC1(C)C2CC/C(=C/O[C@@H]3O[C@H](CO[C@@H]4OC[C@H](O)[C@H](O)[C@H]4O)[C@H](O)[C@H](O)[C@H]3O)C1C2. The Morgan fingerprint density at radius 3 is 2.35 bits per heavy atom. The van der Waals surface area contributed by atoms with Gasteiger partial charge in [0.1, 0.15) is 42.7 Å². The Kier molecular flexibility index (Phi) is 6.66. The van der Waals surface area contributed by atoms with Crippen molar-refractivity contribution in [3.63, 3.8) is 0 Å². The van der Waals surface area contributed by atoms with E-state index in [4.69, 9.17) is 18.9 Å². The van der Waals surface area contributed by atoms with Crippen LogP contribution in [0.5, 0.6) is 0 Å². The zero-order valence-electron chi connectivity index (χ0n) is 17.8. The fraction of sp³-hybridized carbons (Fsp3) is 0.905. The molecule has 0 aromatic carbocycles. The predicted molar refractivity (Wildman–Crippen MR) is 104 cm³/mol. The van der Waals surface area contributed by atoms with Crippen molar-refractivity contribution in [1.29, 1.82) is 0 Å². The molecule has 3 saturated carbocycles. The molecule has 178 valence electrons. The molecule has 6 N–H and O–H groups in total. The Hall–Kier alpha value is -0.820. The Bertz CT molecular complexity index is 667. The maximum atomic E-state index is 10.3. The van der Waals surface area contributed by atoms with E-state index in [1.54, 1.807) is 6.26 Å². The predicted octanol–water partition coefficient (Wildman–Crippen LogP) is -1.39. The third-order valence-corrected chi connectivity index (χ3v) is 7.60. The highest BCUT2D eigenvalue weighted by Crippen LogP contribution is 2.61. The van der Waals surface area contributed by atoms with Crippen LogP contribution in [0.15, 0.2) is 11.8 Å². The number of fused-ring (bicyclic) bond motifs is 2. The van der Waals surface area contributed by atoms with Crippen LogP contribution in [0.2, 0.25) is 0 Å². The molecule has 3 aliphatic carbocycles. The zero-order valence-corrected chi connectivity index (χ0v) is 17.8. The van der Waals surface area contributed by atoms with E-state index in [1.165, 1.54) is 0 Å². The number of allylic oxidation sites excluding steroid dienone is 1. The van der Waals surface area contributed by atoms with Gasteiger partial charge >= 0.3 is 0 Å². The number of hydrogen-bond acceptors (Lipinski definition) is 10. The first-order valence-corrected chi connectivity index (χ1v) is 10.9. The second-order valence-corrected chi connectivity index (χ2v) is 9.77. The number of ether oxygens (including phenoxy) is 4. The zero-order chi connectivity index (χ0) is 22.5. The molecule has 31 heavy (non-hydrogen) atoms. The normalized spacial score (nSPS) is 50.7. The molecule has 10 heteroatoms. The van der Waals surface area contributed by atoms with E-state index in [0.717, 1.165) is 30.8 Å². The van der Waals surface area contributed by atoms with E-state index in [1.807, 2.05) is 0 Å². The molecule has 0 aromatic heterocycles. The summed E-state index contributed by atoms with van der Waals surface area (Å²) >= 11 is 0. The summed E-state index contributed by atoms with van der Waals surface area (Å²) < 4.78 is 21.9. The monoisotopic (exact) mass is 446 g/mol. The Labute approximate surface area is 181 Å². The molecular weight excluding hydrogens is 412 g/mol. The summed E-state index contributed by atoms with van der Waals surface area (Å²) in [6.07, 6.45) is -7.35. The van der Waals surface area contributed by atoms with Crippen molar-refractivity contribution in [2.45, 2.75) is 88.4 Å². The number of rotatable bonds is 5. The van der Waals surface area contributed by atoms with Crippen LogP contribution in [0.3, 0.4) is 0 Å². The van der Waals surface area contributed by atoms with E-state index in [-0.39, 0.29) is 18.6 Å². The number of aliphatic hydroxyl groups excluding tert-OH is 6. The standard InChI is InChI=1S/C21H34O10/c1-21(2)10-4-3-9(11(21)5-10)6-28-20-18(27)16(25)15(24)13(31-20)8-30-19-17(26)14(23)12(22)7-29-19/h6,10-20,22-27H,3-5,7-8H2,1-2H3/b9-6-/t10?,11?,12-,13+,14-,15-,16-,17+,18+,19-,20+/m0/s1. The summed E-state index contributed by atoms with van der Waals surface area (Å²) in [7, 11) is 0. The molecule has 2 aliphatic heterocycles. The van der Waals surface area contributed by atoms with Gasteiger partial charge in [-0.1, -0.05) is 13.8 Å². The van der Waals surface area contributed by atoms with Crippen molar-refractivity contribution in [3.05, 3.63) is 11.8 Å². The van der Waals surface area contributed by atoms with Crippen LogP contribution in [-0.2, 0) is 18.9 Å². The van der Waals surface area contributed by atoms with Gasteiger partial charge in [0.05, 0.1) is 19.5 Å². The molecule has 10 nitrogen and oxygen atoms in total. The van der Waals surface area contributed by atoms with Gasteiger partial charge in [-0.05, 0) is 42.1 Å². The van der Waals surface area contributed by atoms with Crippen molar-refractivity contribution in [3.8, 4) is 0 Å². The molecule has 11 atom stereocenters. The molecule has 0 spiro atoms. The highest BCUT2D eigenvalue weighted by atomic mass is 16.7. The maximum Gasteiger partial charge on any atom is 0.228 e. The second-order valence-electron chi connectivity index (χ2n) is 9.77. The van der Waals surface area contributed by atoms with Gasteiger partial charge in [-0.15, -0.1) is 0 Å². The topological polar surface area (TPSA) is 158 Å². The average Bonchev–Trinajstić information content (AvgIpc) is 2.75. The molecule has 0 aromatic rings. The highest BCUT2D eigenvalue weighted by Gasteiger charge is 2.52. The fourth-order valence-corrected chi connectivity index (χ4v) is 5.23. The average molecular weight is 446 g/mol. The van der Waals surface area contributed by atoms with Crippen LogP contribution in [0, 0.1) is 17.3 Å². The molecule has 5 rings (SSSR count). The van der Waals surface area contributed by atoms with Crippen molar-refractivity contribution in [2.24, 2.45) is 17.3 Å². The van der Waals surface area contributed by atoms with Gasteiger partial charge in [-0.25, -0.2) is 0 Å². The second kappa shape index (κ2) is 8.85. The molecular formula is C21H34O10. The first-order chi connectivity index (χ1) is 14.6. The Morgan fingerprint density at radius 1 is 0.968 bits per heavy atom. The third-order valence-electron chi connectivity index (χ3n) is 7.60. The van der Waals surface area contributed by atoms with Crippen LogP contribution < -0.4 is 0 Å². The van der Waals surface area contributed by atoms with Gasteiger partial charge < -0.3 is 49.6 Å². The minimum atomic E-state index is -1.52. The van der Waals surface area contributed by atoms with Gasteiger partial charge in [0, 0.05) is 0 Å². The highest BCUT2D eigenvalue weighted by molar-refractivity contribution is 5.20. The number of hydrogen-bond donors (Lipinski definition) is 6. The van der Waals surface area contributed by atoms with E-state index in [2.05, 4.69) is 13.8 Å². The summed E-state index contributed by atoms with van der Waals surface area (Å²) in [5.74, 6) is 1.15. The first-order valence-electron chi connectivity index (χ1n) is 10.9. The summed E-state index contributed by atoms with van der Waals surface area (Å²) in [6.45, 7) is 3.96. The Morgan fingerprint density at radius 2 is 1.68 bits per heavy atom. The van der Waals surface area contributed by atoms with Gasteiger partial charge in [-0.3, -0.25) is 0 Å². The van der Waals surface area contributed by atoms with E-state index >= 15 is 0 Å². The lowest BCUT2D eigenvalue weighted by atomic mass is 9.47. The molecule has 2 unspecified atom stereocenters.